The number of aromatic nitrogens is 2. The lowest BCUT2D eigenvalue weighted by Crippen LogP contribution is -2.42. The summed E-state index contributed by atoms with van der Waals surface area (Å²) in [5.74, 6) is -1.51. The number of aliphatic carboxylic acids is 1. The second-order valence-corrected chi connectivity index (χ2v) is 8.92. The Hall–Kier alpha value is -3.07. The molecule has 1 amide bonds. The number of pyridine rings is 2. The van der Waals surface area contributed by atoms with Gasteiger partial charge in [-0.25, -0.2) is 14.2 Å². The average molecular weight is 471 g/mol. The number of hydrogen-bond acceptors (Lipinski definition) is 6. The number of nitrogens with one attached hydrogen (secondary N) is 2. The molecule has 2 aromatic rings. The molecule has 0 bridgehead atoms. The minimum absolute atomic E-state index is 0.101. The van der Waals surface area contributed by atoms with E-state index in [4.69, 9.17) is 4.74 Å². The van der Waals surface area contributed by atoms with Crippen molar-refractivity contribution in [2.24, 2.45) is 0 Å². The third kappa shape index (κ3) is 6.28. The number of hydrogen-bond donors (Lipinski definition) is 3. The van der Waals surface area contributed by atoms with Gasteiger partial charge in [0.15, 0.2) is 5.82 Å². The molecule has 3 N–H and O–H groups in total. The van der Waals surface area contributed by atoms with Gasteiger partial charge in [0, 0.05) is 38.1 Å². The second kappa shape index (κ2) is 11.4. The van der Waals surface area contributed by atoms with Crippen LogP contribution in [0.5, 0.6) is 0 Å². The van der Waals surface area contributed by atoms with Crippen LogP contribution in [0.15, 0.2) is 24.5 Å². The molecule has 0 radical (unpaired) electrons. The second-order valence-electron chi connectivity index (χ2n) is 8.92. The summed E-state index contributed by atoms with van der Waals surface area (Å²) in [5.41, 5.74) is 2.77. The van der Waals surface area contributed by atoms with E-state index in [1.807, 2.05) is 0 Å². The number of carboxylic acid groups (broad SMARTS) is 1. The van der Waals surface area contributed by atoms with E-state index in [0.717, 1.165) is 69.2 Å². The van der Waals surface area contributed by atoms with E-state index >= 15 is 0 Å². The number of carbonyl (C=O) groups is 2. The van der Waals surface area contributed by atoms with Crippen LogP contribution in [0.4, 0.5) is 10.2 Å². The minimum atomic E-state index is -1.17. The number of ether oxygens (including phenoxy) is 1. The molecule has 4 rings (SSSR count). The van der Waals surface area contributed by atoms with Gasteiger partial charge in [0.1, 0.15) is 11.9 Å². The minimum Gasteiger partial charge on any atom is -0.480 e. The first-order valence-electron chi connectivity index (χ1n) is 12.0. The molecule has 1 aliphatic carbocycles. The van der Waals surface area contributed by atoms with E-state index in [1.165, 1.54) is 11.8 Å². The van der Waals surface area contributed by atoms with Crippen LogP contribution in [-0.2, 0) is 22.4 Å². The summed E-state index contributed by atoms with van der Waals surface area (Å²) in [6, 6.07) is 3.07. The summed E-state index contributed by atoms with van der Waals surface area (Å²) in [7, 11) is 0. The monoisotopic (exact) mass is 470 g/mol. The number of halogens is 1. The van der Waals surface area contributed by atoms with Gasteiger partial charge in [-0.05, 0) is 68.1 Å². The van der Waals surface area contributed by atoms with E-state index in [1.54, 1.807) is 0 Å². The van der Waals surface area contributed by atoms with Crippen LogP contribution in [0.3, 0.4) is 0 Å². The third-order valence-electron chi connectivity index (χ3n) is 6.25. The lowest BCUT2D eigenvalue weighted by atomic mass is 10.0. The van der Waals surface area contributed by atoms with E-state index < -0.39 is 23.7 Å². The number of aryl methyl sites for hydroxylation is 2. The average Bonchev–Trinajstić information content (AvgIpc) is 3.67. The lowest BCUT2D eigenvalue weighted by molar-refractivity contribution is -0.139. The van der Waals surface area contributed by atoms with E-state index in [9.17, 15) is 19.1 Å². The van der Waals surface area contributed by atoms with Crippen LogP contribution in [0.25, 0.3) is 0 Å². The molecule has 1 unspecified atom stereocenters. The van der Waals surface area contributed by atoms with Crippen LogP contribution in [-0.4, -0.2) is 52.8 Å². The Balaban J connectivity index is 1.18. The van der Waals surface area contributed by atoms with Gasteiger partial charge >= 0.3 is 5.97 Å². The van der Waals surface area contributed by atoms with Gasteiger partial charge < -0.3 is 20.5 Å². The number of carboxylic acids is 1. The molecule has 182 valence electrons. The SMILES string of the molecule is O=C(NC(CCOCCCCc1ccc2c(n1)NCCC2)C(=O)O)c1c(F)cncc1C1CC1. The van der Waals surface area contributed by atoms with Crippen LogP contribution >= 0.6 is 0 Å². The molecule has 0 saturated heterocycles. The van der Waals surface area contributed by atoms with Crippen molar-refractivity contribution in [2.45, 2.75) is 63.3 Å². The number of anilines is 1. The summed E-state index contributed by atoms with van der Waals surface area (Å²) >= 11 is 0. The van der Waals surface area contributed by atoms with Crippen molar-refractivity contribution in [1.82, 2.24) is 15.3 Å². The van der Waals surface area contributed by atoms with Crippen molar-refractivity contribution in [3.63, 3.8) is 0 Å². The molecule has 0 spiro atoms. The van der Waals surface area contributed by atoms with Gasteiger partial charge in [0.05, 0.1) is 11.8 Å². The maximum atomic E-state index is 14.3. The highest BCUT2D eigenvalue weighted by molar-refractivity contribution is 5.98. The predicted molar refractivity (Wildman–Crippen MR) is 124 cm³/mol. The number of nitrogens with zero attached hydrogens (tertiary/aromatic N) is 2. The Bertz CT molecular complexity index is 1030. The first-order chi connectivity index (χ1) is 16.5. The van der Waals surface area contributed by atoms with Crippen molar-refractivity contribution < 1.29 is 23.8 Å². The molecule has 3 heterocycles. The number of fused-ring (bicyclic) bond motifs is 1. The highest BCUT2D eigenvalue weighted by atomic mass is 19.1. The molecule has 8 nitrogen and oxygen atoms in total. The summed E-state index contributed by atoms with van der Waals surface area (Å²) in [4.78, 5) is 32.8. The maximum absolute atomic E-state index is 14.3. The van der Waals surface area contributed by atoms with Crippen molar-refractivity contribution >= 4 is 17.7 Å². The van der Waals surface area contributed by atoms with Gasteiger partial charge in [0.2, 0.25) is 0 Å². The topological polar surface area (TPSA) is 113 Å². The number of unbranched alkanes of at least 4 members (excludes halogenated alkanes) is 1. The van der Waals surface area contributed by atoms with Crippen molar-refractivity contribution in [1.29, 1.82) is 0 Å². The first kappa shape index (κ1) is 24.1. The molecule has 1 atom stereocenters. The summed E-state index contributed by atoms with van der Waals surface area (Å²) in [6.07, 6.45) is 9.12. The van der Waals surface area contributed by atoms with Crippen molar-refractivity contribution in [3.8, 4) is 0 Å². The largest absolute Gasteiger partial charge is 0.480 e. The van der Waals surface area contributed by atoms with E-state index in [-0.39, 0.29) is 24.5 Å². The number of amides is 1. The molecular formula is C25H31FN4O4. The summed E-state index contributed by atoms with van der Waals surface area (Å²) in [6.45, 7) is 1.65. The van der Waals surface area contributed by atoms with Gasteiger partial charge in [-0.3, -0.25) is 9.78 Å². The molecule has 2 aliphatic rings. The highest BCUT2D eigenvalue weighted by Gasteiger charge is 2.32. The van der Waals surface area contributed by atoms with Crippen molar-refractivity contribution in [2.75, 3.05) is 25.1 Å². The van der Waals surface area contributed by atoms with Gasteiger partial charge in [-0.2, -0.15) is 0 Å². The normalized spacial score (nSPS) is 15.8. The van der Waals surface area contributed by atoms with Crippen LogP contribution in [0.2, 0.25) is 0 Å². The Kier molecular flexibility index (Phi) is 8.05. The fraction of sp³-hybridized carbons (Fsp3) is 0.520. The molecule has 1 saturated carbocycles. The fourth-order valence-corrected chi connectivity index (χ4v) is 4.20. The van der Waals surface area contributed by atoms with Gasteiger partial charge in [-0.1, -0.05) is 6.07 Å². The zero-order valence-corrected chi connectivity index (χ0v) is 19.2. The van der Waals surface area contributed by atoms with Crippen molar-refractivity contribution in [3.05, 3.63) is 52.7 Å². The Morgan fingerprint density at radius 3 is 2.88 bits per heavy atom. The van der Waals surface area contributed by atoms with Gasteiger partial charge in [0.25, 0.3) is 5.91 Å². The lowest BCUT2D eigenvalue weighted by Gasteiger charge is -2.17. The highest BCUT2D eigenvalue weighted by Crippen LogP contribution is 2.41. The van der Waals surface area contributed by atoms with Crippen LogP contribution < -0.4 is 10.6 Å². The first-order valence-corrected chi connectivity index (χ1v) is 12.0. The summed E-state index contributed by atoms with van der Waals surface area (Å²) in [5, 5.41) is 15.3. The quantitative estimate of drug-likeness (QED) is 0.407. The Morgan fingerprint density at radius 1 is 1.24 bits per heavy atom. The van der Waals surface area contributed by atoms with E-state index in [0.29, 0.717) is 12.2 Å². The van der Waals surface area contributed by atoms with Crippen LogP contribution in [0, 0.1) is 5.82 Å². The molecule has 2 aromatic heterocycles. The molecule has 34 heavy (non-hydrogen) atoms. The standard InChI is InChI=1S/C25H31FN4O4/c26-20-15-27-14-19(16-6-7-16)22(20)24(31)30-21(25(32)33)10-13-34-12-2-1-5-18-9-8-17-4-3-11-28-23(17)29-18/h8-9,14-16,21H,1-7,10-13H2,(H,28,29)(H,30,31)(H,32,33). The molecule has 1 fully saturated rings. The smallest absolute Gasteiger partial charge is 0.326 e. The predicted octanol–water partition coefficient (Wildman–Crippen LogP) is 3.46. The molecule has 1 aliphatic heterocycles. The van der Waals surface area contributed by atoms with Gasteiger partial charge in [-0.15, -0.1) is 0 Å². The Labute approximate surface area is 198 Å². The zero-order chi connectivity index (χ0) is 23.9. The molecular weight excluding hydrogens is 439 g/mol. The fourth-order valence-electron chi connectivity index (χ4n) is 4.20. The van der Waals surface area contributed by atoms with E-state index in [2.05, 4.69) is 32.7 Å². The number of rotatable bonds is 12. The number of carbonyl (C=O) groups excluding carboxylic acids is 1. The molecule has 0 aromatic carbocycles. The Morgan fingerprint density at radius 2 is 2.09 bits per heavy atom. The third-order valence-corrected chi connectivity index (χ3v) is 6.25. The van der Waals surface area contributed by atoms with Crippen LogP contribution in [0.1, 0.15) is 71.6 Å². The zero-order valence-electron chi connectivity index (χ0n) is 19.2. The molecule has 9 heteroatoms. The maximum Gasteiger partial charge on any atom is 0.326 e. The summed E-state index contributed by atoms with van der Waals surface area (Å²) < 4.78 is 19.9.